The van der Waals surface area contributed by atoms with Crippen molar-refractivity contribution in [1.29, 1.82) is 0 Å². The fourth-order valence-electron chi connectivity index (χ4n) is 1.77. The molecule has 23 heavy (non-hydrogen) atoms. The van der Waals surface area contributed by atoms with E-state index in [1.54, 1.807) is 0 Å². The Kier molecular flexibility index (Phi) is 5.45. The van der Waals surface area contributed by atoms with Crippen molar-refractivity contribution in [3.05, 3.63) is 48.2 Å². The predicted molar refractivity (Wildman–Crippen MR) is 81.6 cm³/mol. The topological polar surface area (TPSA) is 91.3 Å². The van der Waals surface area contributed by atoms with Crippen LogP contribution in [0.15, 0.2) is 41.4 Å². The smallest absolute Gasteiger partial charge is 0.263 e. The van der Waals surface area contributed by atoms with Gasteiger partial charge < -0.3 is 10.4 Å². The molecule has 0 atom stereocenters. The van der Waals surface area contributed by atoms with Gasteiger partial charge in [-0.25, -0.2) is 22.2 Å². The van der Waals surface area contributed by atoms with Crippen LogP contribution in [0, 0.1) is 11.6 Å². The maximum absolute atomic E-state index is 13.1. The van der Waals surface area contributed by atoms with Crippen LogP contribution in [0.2, 0.25) is 0 Å². The summed E-state index contributed by atoms with van der Waals surface area (Å²) in [5.41, 5.74) is -0.215. The van der Waals surface area contributed by atoms with Crippen LogP contribution < -0.4 is 10.0 Å². The molecule has 0 spiro atoms. The number of halogens is 2. The Morgan fingerprint density at radius 1 is 1.13 bits per heavy atom. The van der Waals surface area contributed by atoms with Gasteiger partial charge in [0.1, 0.15) is 22.3 Å². The highest BCUT2D eigenvalue weighted by Gasteiger charge is 2.15. The Balaban J connectivity index is 2.12. The fraction of sp³-hybridized carbons (Fsp3) is 0.214. The van der Waals surface area contributed by atoms with Crippen molar-refractivity contribution in [2.75, 3.05) is 23.2 Å². The summed E-state index contributed by atoms with van der Waals surface area (Å²) >= 11 is 0. The molecule has 1 aromatic carbocycles. The molecule has 0 unspecified atom stereocenters. The lowest BCUT2D eigenvalue weighted by Gasteiger charge is -2.09. The lowest BCUT2D eigenvalue weighted by atomic mass is 10.3. The van der Waals surface area contributed by atoms with Gasteiger partial charge in [-0.05, 0) is 30.7 Å². The van der Waals surface area contributed by atoms with E-state index < -0.39 is 21.7 Å². The van der Waals surface area contributed by atoms with Crippen LogP contribution in [0.25, 0.3) is 0 Å². The average Bonchev–Trinajstić information content (AvgIpc) is 2.46. The molecular weight excluding hydrogens is 328 g/mol. The van der Waals surface area contributed by atoms with E-state index in [1.807, 2.05) is 0 Å². The van der Waals surface area contributed by atoms with Crippen LogP contribution in [0.4, 0.5) is 20.3 Å². The van der Waals surface area contributed by atoms with Crippen LogP contribution >= 0.6 is 0 Å². The van der Waals surface area contributed by atoms with E-state index in [0.717, 1.165) is 18.3 Å². The zero-order valence-corrected chi connectivity index (χ0v) is 12.8. The summed E-state index contributed by atoms with van der Waals surface area (Å²) in [5.74, 6) is -1.32. The Hall–Kier alpha value is -2.26. The highest BCUT2D eigenvalue weighted by atomic mass is 32.2. The highest BCUT2D eigenvalue weighted by molar-refractivity contribution is 7.92. The van der Waals surface area contributed by atoms with Crippen molar-refractivity contribution in [2.24, 2.45) is 0 Å². The van der Waals surface area contributed by atoms with Crippen LogP contribution in [-0.4, -0.2) is 31.7 Å². The molecule has 0 bridgehead atoms. The number of aliphatic hydroxyl groups is 1. The molecule has 0 saturated heterocycles. The third kappa shape index (κ3) is 4.86. The number of hydrogen-bond acceptors (Lipinski definition) is 5. The first kappa shape index (κ1) is 17.1. The number of benzene rings is 1. The van der Waals surface area contributed by atoms with E-state index in [9.17, 15) is 17.2 Å². The van der Waals surface area contributed by atoms with Crippen LogP contribution in [0.1, 0.15) is 6.42 Å². The minimum absolute atomic E-state index is 0.0353. The molecule has 124 valence electrons. The maximum atomic E-state index is 13.1. The quantitative estimate of drug-likeness (QED) is 0.669. The number of sulfonamides is 1. The molecule has 0 aliphatic rings. The van der Waals surface area contributed by atoms with Crippen LogP contribution in [-0.2, 0) is 10.0 Å². The van der Waals surface area contributed by atoms with Crippen molar-refractivity contribution in [3.8, 4) is 0 Å². The molecule has 9 heteroatoms. The number of pyridine rings is 1. The largest absolute Gasteiger partial charge is 0.396 e. The summed E-state index contributed by atoms with van der Waals surface area (Å²) in [4.78, 5) is 3.79. The van der Waals surface area contributed by atoms with Gasteiger partial charge in [-0.15, -0.1) is 0 Å². The standard InChI is InChI=1S/C14H15F2N3O3S/c15-10-6-11(16)8-12(7-10)19-23(21,22)13-2-3-14(18-9-13)17-4-1-5-20/h2-3,6-9,19-20H,1,4-5H2,(H,17,18). The number of anilines is 2. The summed E-state index contributed by atoms with van der Waals surface area (Å²) < 4.78 is 52.6. The first-order chi connectivity index (χ1) is 10.9. The zero-order chi connectivity index (χ0) is 16.9. The Labute approximate surface area is 132 Å². The van der Waals surface area contributed by atoms with E-state index in [-0.39, 0.29) is 17.2 Å². The van der Waals surface area contributed by atoms with E-state index in [2.05, 4.69) is 15.0 Å². The average molecular weight is 343 g/mol. The molecule has 1 heterocycles. The molecule has 0 aliphatic heterocycles. The maximum Gasteiger partial charge on any atom is 0.263 e. The van der Waals surface area contributed by atoms with Gasteiger partial charge in [-0.2, -0.15) is 0 Å². The minimum atomic E-state index is -4.00. The molecule has 0 saturated carbocycles. The molecule has 0 fully saturated rings. The molecule has 0 radical (unpaired) electrons. The van der Waals surface area contributed by atoms with Crippen molar-refractivity contribution in [2.45, 2.75) is 11.3 Å². The molecule has 2 aromatic rings. The summed E-state index contributed by atoms with van der Waals surface area (Å²) in [7, 11) is -4.00. The van der Waals surface area contributed by atoms with Gasteiger partial charge in [-0.1, -0.05) is 0 Å². The molecule has 6 nitrogen and oxygen atoms in total. The lowest BCUT2D eigenvalue weighted by molar-refractivity contribution is 0.292. The lowest BCUT2D eigenvalue weighted by Crippen LogP contribution is -2.14. The molecule has 0 amide bonds. The van der Waals surface area contributed by atoms with E-state index in [4.69, 9.17) is 5.11 Å². The third-order valence-corrected chi connectivity index (χ3v) is 4.17. The SMILES string of the molecule is O=S(=O)(Nc1cc(F)cc(F)c1)c1ccc(NCCCO)nc1. The molecule has 1 aromatic heterocycles. The zero-order valence-electron chi connectivity index (χ0n) is 12.0. The first-order valence-electron chi connectivity index (χ1n) is 6.70. The third-order valence-electron chi connectivity index (χ3n) is 2.80. The monoisotopic (exact) mass is 343 g/mol. The van der Waals surface area contributed by atoms with Gasteiger partial charge in [-0.3, -0.25) is 4.72 Å². The summed E-state index contributed by atoms with van der Waals surface area (Å²) in [6, 6.07) is 5.16. The normalized spacial score (nSPS) is 11.3. The minimum Gasteiger partial charge on any atom is -0.396 e. The van der Waals surface area contributed by atoms with E-state index >= 15 is 0 Å². The number of aromatic nitrogens is 1. The van der Waals surface area contributed by atoms with Gasteiger partial charge in [0.25, 0.3) is 10.0 Å². The molecule has 2 rings (SSSR count). The number of aliphatic hydroxyl groups excluding tert-OH is 1. The summed E-state index contributed by atoms with van der Waals surface area (Å²) in [6.45, 7) is 0.532. The van der Waals surface area contributed by atoms with Crippen molar-refractivity contribution >= 4 is 21.5 Å². The number of rotatable bonds is 7. The van der Waals surface area contributed by atoms with Crippen LogP contribution in [0.3, 0.4) is 0 Å². The number of hydrogen-bond donors (Lipinski definition) is 3. The second kappa shape index (κ2) is 7.34. The van der Waals surface area contributed by atoms with Gasteiger partial charge >= 0.3 is 0 Å². The highest BCUT2D eigenvalue weighted by Crippen LogP contribution is 2.18. The second-order valence-corrected chi connectivity index (χ2v) is 6.33. The van der Waals surface area contributed by atoms with Gasteiger partial charge in [0.15, 0.2) is 0 Å². The van der Waals surface area contributed by atoms with Crippen molar-refractivity contribution in [3.63, 3.8) is 0 Å². The Bertz CT molecular complexity index is 747. The second-order valence-electron chi connectivity index (χ2n) is 4.65. The Morgan fingerprint density at radius 3 is 2.39 bits per heavy atom. The van der Waals surface area contributed by atoms with E-state index in [0.29, 0.717) is 24.8 Å². The Morgan fingerprint density at radius 2 is 1.83 bits per heavy atom. The fourth-order valence-corrected chi connectivity index (χ4v) is 2.75. The number of nitrogens with zero attached hydrogens (tertiary/aromatic N) is 1. The summed E-state index contributed by atoms with van der Waals surface area (Å²) in [6.07, 6.45) is 1.66. The van der Waals surface area contributed by atoms with Gasteiger partial charge in [0.05, 0.1) is 5.69 Å². The predicted octanol–water partition coefficient (Wildman–Crippen LogP) is 1.95. The van der Waals surface area contributed by atoms with Crippen molar-refractivity contribution in [1.82, 2.24) is 4.98 Å². The summed E-state index contributed by atoms with van der Waals surface area (Å²) in [5, 5.41) is 11.6. The first-order valence-corrected chi connectivity index (χ1v) is 8.19. The van der Waals surface area contributed by atoms with E-state index in [1.165, 1.54) is 12.1 Å². The van der Waals surface area contributed by atoms with Gasteiger partial charge in [0, 0.05) is 25.4 Å². The number of nitrogens with one attached hydrogen (secondary N) is 2. The van der Waals surface area contributed by atoms with Gasteiger partial charge in [0.2, 0.25) is 0 Å². The van der Waals surface area contributed by atoms with Crippen molar-refractivity contribution < 1.29 is 22.3 Å². The molecule has 3 N–H and O–H groups in total. The molecule has 0 aliphatic carbocycles. The van der Waals surface area contributed by atoms with Crippen LogP contribution in [0.5, 0.6) is 0 Å². The molecular formula is C14H15F2N3O3S.